The number of carbonyl (C=O) groups is 2. The van der Waals surface area contributed by atoms with E-state index >= 15 is 0 Å². The molecule has 1 saturated heterocycles. The summed E-state index contributed by atoms with van der Waals surface area (Å²) in [4.78, 5) is 36.8. The van der Waals surface area contributed by atoms with Crippen LogP contribution in [0.3, 0.4) is 0 Å². The lowest BCUT2D eigenvalue weighted by atomic mass is 9.94. The zero-order valence-corrected chi connectivity index (χ0v) is 15.5. The van der Waals surface area contributed by atoms with Crippen LogP contribution in [0.25, 0.3) is 0 Å². The van der Waals surface area contributed by atoms with E-state index in [1.807, 2.05) is 21.9 Å². The topological polar surface area (TPSA) is 78.5 Å². The Labute approximate surface area is 158 Å². The van der Waals surface area contributed by atoms with Gasteiger partial charge in [-0.05, 0) is 31.0 Å². The Bertz CT molecular complexity index is 839. The van der Waals surface area contributed by atoms with Crippen LogP contribution in [0.1, 0.15) is 34.6 Å². The smallest absolute Gasteiger partial charge is 0.253 e. The second-order valence-electron chi connectivity index (χ2n) is 7.14. The summed E-state index contributed by atoms with van der Waals surface area (Å²) in [6.45, 7) is 2.54. The highest BCUT2D eigenvalue weighted by molar-refractivity contribution is 5.94. The second-order valence-corrected chi connectivity index (χ2v) is 7.14. The maximum atomic E-state index is 12.9. The fourth-order valence-electron chi connectivity index (χ4n) is 3.93. The van der Waals surface area contributed by atoms with Crippen molar-refractivity contribution in [3.63, 3.8) is 0 Å². The number of nitrogens with zero attached hydrogens (tertiary/aromatic N) is 3. The van der Waals surface area contributed by atoms with Crippen molar-refractivity contribution >= 4 is 11.8 Å². The van der Waals surface area contributed by atoms with Crippen molar-refractivity contribution in [2.45, 2.75) is 25.8 Å². The van der Waals surface area contributed by atoms with Gasteiger partial charge in [0.25, 0.3) is 5.91 Å². The number of carbonyl (C=O) groups excluding carboxylic acids is 2. The number of methoxy groups -OCH3 is 1. The second kappa shape index (κ2) is 7.42. The van der Waals surface area contributed by atoms with E-state index in [9.17, 15) is 9.59 Å². The molecule has 0 radical (unpaired) electrons. The lowest BCUT2D eigenvalue weighted by Crippen LogP contribution is -2.45. The predicted molar refractivity (Wildman–Crippen MR) is 99.3 cm³/mol. The van der Waals surface area contributed by atoms with Crippen LogP contribution in [0.4, 0.5) is 0 Å². The molecule has 7 nitrogen and oxygen atoms in total. The summed E-state index contributed by atoms with van der Waals surface area (Å²) >= 11 is 0. The Kier molecular flexibility index (Phi) is 4.83. The van der Waals surface area contributed by atoms with Crippen LogP contribution in [-0.2, 0) is 17.8 Å². The van der Waals surface area contributed by atoms with E-state index in [1.165, 1.54) is 0 Å². The number of fused-ring (bicyclic) bond motifs is 1. The van der Waals surface area contributed by atoms with Crippen molar-refractivity contribution in [3.8, 4) is 5.75 Å². The van der Waals surface area contributed by atoms with Gasteiger partial charge in [0.05, 0.1) is 31.4 Å². The van der Waals surface area contributed by atoms with E-state index in [2.05, 4.69) is 9.97 Å². The molecular formula is C20H24N4O3. The van der Waals surface area contributed by atoms with Gasteiger partial charge in [-0.25, -0.2) is 4.98 Å². The molecule has 1 aromatic carbocycles. The Balaban J connectivity index is 1.34. The molecule has 0 saturated carbocycles. The number of benzene rings is 1. The summed E-state index contributed by atoms with van der Waals surface area (Å²) in [6.07, 6.45) is 3.92. The lowest BCUT2D eigenvalue weighted by molar-refractivity contribution is -0.138. The number of hydrogen-bond acceptors (Lipinski definition) is 4. The molecule has 2 amide bonds. The molecule has 2 aliphatic heterocycles. The standard InChI is InChI=1S/C20H24N4O3/c1-27-16-4-2-3-15(11-16)20(26)23-8-5-14(6-9-23)19(25)24-10-7-17-18(12-24)22-13-21-17/h2-4,11,13-14H,5-10,12H2,1H3,(H,21,22). The van der Waals surface area contributed by atoms with Crippen molar-refractivity contribution in [2.75, 3.05) is 26.7 Å². The van der Waals surface area contributed by atoms with Crippen molar-refractivity contribution < 1.29 is 14.3 Å². The van der Waals surface area contributed by atoms with Crippen LogP contribution >= 0.6 is 0 Å². The van der Waals surface area contributed by atoms with Crippen LogP contribution in [0, 0.1) is 5.92 Å². The number of H-pyrrole nitrogens is 1. The van der Waals surface area contributed by atoms with Gasteiger partial charge in [-0.3, -0.25) is 9.59 Å². The summed E-state index contributed by atoms with van der Waals surface area (Å²) in [5.41, 5.74) is 2.74. The quantitative estimate of drug-likeness (QED) is 0.897. The maximum absolute atomic E-state index is 12.9. The van der Waals surface area contributed by atoms with Crippen LogP contribution in [0.2, 0.25) is 0 Å². The summed E-state index contributed by atoms with van der Waals surface area (Å²) in [7, 11) is 1.59. The molecule has 7 heteroatoms. The fourth-order valence-corrected chi connectivity index (χ4v) is 3.93. The Morgan fingerprint density at radius 3 is 2.78 bits per heavy atom. The predicted octanol–water partition coefficient (Wildman–Crippen LogP) is 1.86. The van der Waals surface area contributed by atoms with Crippen LogP contribution in [0.15, 0.2) is 30.6 Å². The molecule has 0 bridgehead atoms. The average molecular weight is 368 g/mol. The molecule has 0 atom stereocenters. The number of imidazole rings is 1. The van der Waals surface area contributed by atoms with Crippen LogP contribution in [0.5, 0.6) is 5.75 Å². The zero-order chi connectivity index (χ0) is 18.8. The summed E-state index contributed by atoms with van der Waals surface area (Å²) < 4.78 is 5.20. The molecule has 1 fully saturated rings. The number of amides is 2. The molecule has 142 valence electrons. The number of rotatable bonds is 3. The SMILES string of the molecule is COc1cccc(C(=O)N2CCC(C(=O)N3CCc4nc[nH]c4C3)CC2)c1. The molecular weight excluding hydrogens is 344 g/mol. The van der Waals surface area contributed by atoms with Gasteiger partial charge in [0, 0.05) is 37.5 Å². The van der Waals surface area contributed by atoms with Crippen molar-refractivity contribution in [1.29, 1.82) is 0 Å². The van der Waals surface area contributed by atoms with Gasteiger partial charge in [-0.15, -0.1) is 0 Å². The molecule has 2 aromatic rings. The Morgan fingerprint density at radius 2 is 2.00 bits per heavy atom. The van der Waals surface area contributed by atoms with E-state index < -0.39 is 0 Å². The highest BCUT2D eigenvalue weighted by Gasteiger charge is 2.32. The molecule has 0 spiro atoms. The Hall–Kier alpha value is -2.83. The monoisotopic (exact) mass is 368 g/mol. The number of likely N-dealkylation sites (tertiary alicyclic amines) is 1. The van der Waals surface area contributed by atoms with Crippen LogP contribution < -0.4 is 4.74 Å². The summed E-state index contributed by atoms with van der Waals surface area (Å²) in [6, 6.07) is 7.21. The first-order chi connectivity index (χ1) is 13.2. The summed E-state index contributed by atoms with van der Waals surface area (Å²) in [5, 5.41) is 0. The number of aromatic amines is 1. The number of hydrogen-bond donors (Lipinski definition) is 1. The van der Waals surface area contributed by atoms with E-state index in [1.54, 1.807) is 25.6 Å². The molecule has 2 aliphatic rings. The van der Waals surface area contributed by atoms with Gasteiger partial charge in [0.1, 0.15) is 5.75 Å². The minimum atomic E-state index is -0.0103. The van der Waals surface area contributed by atoms with Crippen LogP contribution in [-0.4, -0.2) is 58.3 Å². The van der Waals surface area contributed by atoms with E-state index in [0.717, 1.165) is 24.4 Å². The number of aromatic nitrogens is 2. The van der Waals surface area contributed by atoms with E-state index in [4.69, 9.17) is 4.74 Å². The summed E-state index contributed by atoms with van der Waals surface area (Å²) in [5.74, 6) is 0.863. The molecule has 3 heterocycles. The minimum Gasteiger partial charge on any atom is -0.497 e. The first kappa shape index (κ1) is 17.6. The molecule has 4 rings (SSSR count). The highest BCUT2D eigenvalue weighted by atomic mass is 16.5. The van der Waals surface area contributed by atoms with Crippen molar-refractivity contribution in [3.05, 3.63) is 47.5 Å². The maximum Gasteiger partial charge on any atom is 0.253 e. The highest BCUT2D eigenvalue weighted by Crippen LogP contribution is 2.25. The number of piperidine rings is 1. The fraction of sp³-hybridized carbons (Fsp3) is 0.450. The first-order valence-electron chi connectivity index (χ1n) is 9.39. The lowest BCUT2D eigenvalue weighted by Gasteiger charge is -2.35. The van der Waals surface area contributed by atoms with E-state index in [-0.39, 0.29) is 17.7 Å². The van der Waals surface area contributed by atoms with Gasteiger partial charge in [0.15, 0.2) is 0 Å². The van der Waals surface area contributed by atoms with E-state index in [0.29, 0.717) is 43.8 Å². The van der Waals surface area contributed by atoms with Gasteiger partial charge >= 0.3 is 0 Å². The van der Waals surface area contributed by atoms with Crippen molar-refractivity contribution in [1.82, 2.24) is 19.8 Å². The third-order valence-electron chi connectivity index (χ3n) is 5.53. The van der Waals surface area contributed by atoms with Gasteiger partial charge < -0.3 is 19.5 Å². The number of ether oxygens (including phenoxy) is 1. The minimum absolute atomic E-state index is 0.000117. The van der Waals surface area contributed by atoms with Gasteiger partial charge in [-0.1, -0.05) is 6.07 Å². The largest absolute Gasteiger partial charge is 0.497 e. The normalized spacial score (nSPS) is 17.5. The third kappa shape index (κ3) is 3.54. The molecule has 0 aliphatic carbocycles. The molecule has 1 aromatic heterocycles. The Morgan fingerprint density at radius 1 is 1.19 bits per heavy atom. The zero-order valence-electron chi connectivity index (χ0n) is 15.5. The average Bonchev–Trinajstić information content (AvgIpc) is 3.20. The van der Waals surface area contributed by atoms with Gasteiger partial charge in [0.2, 0.25) is 5.91 Å². The third-order valence-corrected chi connectivity index (χ3v) is 5.53. The molecule has 1 N–H and O–H groups in total. The van der Waals surface area contributed by atoms with Crippen molar-refractivity contribution in [2.24, 2.45) is 5.92 Å². The molecule has 27 heavy (non-hydrogen) atoms. The first-order valence-corrected chi connectivity index (χ1v) is 9.39. The van der Waals surface area contributed by atoms with Gasteiger partial charge in [-0.2, -0.15) is 0 Å². The number of nitrogens with one attached hydrogen (secondary N) is 1. The molecule has 0 unspecified atom stereocenters.